The highest BCUT2D eigenvalue weighted by Crippen LogP contribution is 2.25. The van der Waals surface area contributed by atoms with Crippen LogP contribution in [-0.4, -0.2) is 15.0 Å². The zero-order valence-corrected chi connectivity index (χ0v) is 10.7. The van der Waals surface area contributed by atoms with E-state index in [1.54, 1.807) is 6.20 Å². The first-order valence-corrected chi connectivity index (χ1v) is 6.07. The Labute approximate surface area is 110 Å². The van der Waals surface area contributed by atoms with E-state index < -0.39 is 0 Å². The normalized spacial score (nSPS) is 10.7. The minimum absolute atomic E-state index is 0.505. The van der Waals surface area contributed by atoms with E-state index in [2.05, 4.69) is 21.0 Å². The number of aromatic nitrogens is 3. The molecule has 2 heterocycles. The molecule has 0 saturated carbocycles. The van der Waals surface area contributed by atoms with Crippen molar-refractivity contribution in [2.24, 2.45) is 0 Å². The van der Waals surface area contributed by atoms with Crippen LogP contribution in [0.25, 0.3) is 22.2 Å². The van der Waals surface area contributed by atoms with Gasteiger partial charge in [0.25, 0.3) is 0 Å². The molecule has 0 radical (unpaired) electrons. The molecule has 0 bridgehead atoms. The van der Waals surface area contributed by atoms with Crippen molar-refractivity contribution in [3.05, 3.63) is 53.1 Å². The van der Waals surface area contributed by atoms with Crippen molar-refractivity contribution in [1.82, 2.24) is 15.0 Å². The Balaban J connectivity index is 2.34. The quantitative estimate of drug-likeness (QED) is 0.673. The third-order valence-corrected chi connectivity index (χ3v) is 2.99. The van der Waals surface area contributed by atoms with Crippen LogP contribution in [0.2, 0.25) is 0 Å². The summed E-state index contributed by atoms with van der Waals surface area (Å²) in [5.41, 5.74) is 3.91. The molecule has 1 aromatic carbocycles. The maximum Gasteiger partial charge on any atom is 0.197 e. The molecule has 0 fully saturated rings. The largest absolute Gasteiger partial charge is 0.335 e. The summed E-state index contributed by atoms with van der Waals surface area (Å²) in [6.45, 7) is 1.98. The first kappa shape index (κ1) is 11.0. The van der Waals surface area contributed by atoms with Gasteiger partial charge in [-0.15, -0.1) is 0 Å². The molecule has 0 aliphatic rings. The second kappa shape index (κ2) is 4.31. The standard InChI is InChI=1S/C14H11N3S/c1-9-8-13(17-14(18)16-9)11-4-2-6-12-10(11)5-3-7-15-12/h2-8H,1H3,(H,16,17,18). The average Bonchev–Trinajstić information content (AvgIpc) is 2.37. The number of nitrogens with zero attached hydrogens (tertiary/aromatic N) is 2. The van der Waals surface area contributed by atoms with Gasteiger partial charge in [0.2, 0.25) is 0 Å². The molecule has 0 spiro atoms. The molecule has 88 valence electrons. The average molecular weight is 253 g/mol. The Kier molecular flexibility index (Phi) is 2.64. The van der Waals surface area contributed by atoms with Gasteiger partial charge in [0.05, 0.1) is 11.2 Å². The Morgan fingerprint density at radius 2 is 2.06 bits per heavy atom. The predicted molar refractivity (Wildman–Crippen MR) is 74.9 cm³/mol. The highest BCUT2D eigenvalue weighted by atomic mass is 32.1. The predicted octanol–water partition coefficient (Wildman–Crippen LogP) is 3.66. The molecule has 2 aromatic heterocycles. The molecule has 18 heavy (non-hydrogen) atoms. The van der Waals surface area contributed by atoms with E-state index >= 15 is 0 Å². The third kappa shape index (κ3) is 1.91. The van der Waals surface area contributed by atoms with Gasteiger partial charge in [0.15, 0.2) is 4.77 Å². The smallest absolute Gasteiger partial charge is 0.197 e. The topological polar surface area (TPSA) is 41.6 Å². The van der Waals surface area contributed by atoms with Crippen molar-refractivity contribution in [3.63, 3.8) is 0 Å². The van der Waals surface area contributed by atoms with E-state index in [1.165, 1.54) is 0 Å². The third-order valence-electron chi connectivity index (χ3n) is 2.80. The SMILES string of the molecule is Cc1cc(-c2cccc3ncccc23)nc(=S)[nH]1. The summed E-state index contributed by atoms with van der Waals surface area (Å²) in [6.07, 6.45) is 1.79. The molecule has 0 aliphatic carbocycles. The zero-order valence-electron chi connectivity index (χ0n) is 9.84. The van der Waals surface area contributed by atoms with E-state index in [1.807, 2.05) is 37.3 Å². The Morgan fingerprint density at radius 1 is 1.17 bits per heavy atom. The number of benzene rings is 1. The lowest BCUT2D eigenvalue weighted by molar-refractivity contribution is 1.08. The lowest BCUT2D eigenvalue weighted by Gasteiger charge is -2.06. The van der Waals surface area contributed by atoms with E-state index in [-0.39, 0.29) is 0 Å². The molecule has 1 N–H and O–H groups in total. The van der Waals surface area contributed by atoms with E-state index in [9.17, 15) is 0 Å². The molecule has 3 aromatic rings. The van der Waals surface area contributed by atoms with Crippen molar-refractivity contribution in [2.75, 3.05) is 0 Å². The molecule has 0 amide bonds. The van der Waals surface area contributed by atoms with Crippen molar-refractivity contribution in [1.29, 1.82) is 0 Å². The molecule has 3 nitrogen and oxygen atoms in total. The number of nitrogens with one attached hydrogen (secondary N) is 1. The number of aromatic amines is 1. The lowest BCUT2D eigenvalue weighted by Crippen LogP contribution is -1.91. The van der Waals surface area contributed by atoms with E-state index in [0.29, 0.717) is 4.77 Å². The van der Waals surface area contributed by atoms with Crippen molar-refractivity contribution >= 4 is 23.1 Å². The monoisotopic (exact) mass is 253 g/mol. The van der Waals surface area contributed by atoms with Crippen molar-refractivity contribution < 1.29 is 0 Å². The summed E-state index contributed by atoms with van der Waals surface area (Å²) in [4.78, 5) is 11.8. The van der Waals surface area contributed by atoms with Crippen LogP contribution in [0.4, 0.5) is 0 Å². The molecule has 0 atom stereocenters. The van der Waals surface area contributed by atoms with Crippen LogP contribution in [0.1, 0.15) is 5.69 Å². The molecular weight excluding hydrogens is 242 g/mol. The molecule has 4 heteroatoms. The maximum absolute atomic E-state index is 5.13. The number of pyridine rings is 1. The van der Waals surface area contributed by atoms with Crippen LogP contribution < -0.4 is 0 Å². The Bertz CT molecular complexity index is 772. The fourth-order valence-corrected chi connectivity index (χ4v) is 2.30. The van der Waals surface area contributed by atoms with Gasteiger partial charge in [0, 0.05) is 22.8 Å². The van der Waals surface area contributed by atoms with Gasteiger partial charge >= 0.3 is 0 Å². The maximum atomic E-state index is 5.13. The van der Waals surface area contributed by atoms with Gasteiger partial charge in [-0.2, -0.15) is 0 Å². The minimum atomic E-state index is 0.505. The first-order chi connectivity index (χ1) is 8.74. The number of H-pyrrole nitrogens is 1. The van der Waals surface area contributed by atoms with Gasteiger partial charge in [-0.25, -0.2) is 4.98 Å². The number of fused-ring (bicyclic) bond motifs is 1. The summed E-state index contributed by atoms with van der Waals surface area (Å²) < 4.78 is 0.505. The molecule has 0 saturated heterocycles. The summed E-state index contributed by atoms with van der Waals surface area (Å²) in [7, 11) is 0. The summed E-state index contributed by atoms with van der Waals surface area (Å²) >= 11 is 5.13. The van der Waals surface area contributed by atoms with Gasteiger partial charge < -0.3 is 4.98 Å². The Morgan fingerprint density at radius 3 is 2.89 bits per heavy atom. The van der Waals surface area contributed by atoms with Crippen LogP contribution in [0.3, 0.4) is 0 Å². The summed E-state index contributed by atoms with van der Waals surface area (Å²) in [5.74, 6) is 0. The highest BCUT2D eigenvalue weighted by Gasteiger charge is 2.05. The molecular formula is C14H11N3S. The van der Waals surface area contributed by atoms with E-state index in [0.717, 1.165) is 27.9 Å². The fourth-order valence-electron chi connectivity index (χ4n) is 2.04. The second-order valence-electron chi connectivity index (χ2n) is 4.13. The van der Waals surface area contributed by atoms with Gasteiger partial charge in [-0.05, 0) is 37.3 Å². The van der Waals surface area contributed by atoms with Crippen molar-refractivity contribution in [3.8, 4) is 11.3 Å². The molecule has 0 aliphatic heterocycles. The van der Waals surface area contributed by atoms with Crippen LogP contribution in [0, 0.1) is 11.7 Å². The first-order valence-electron chi connectivity index (χ1n) is 5.66. The zero-order chi connectivity index (χ0) is 12.5. The van der Waals surface area contributed by atoms with Crippen molar-refractivity contribution in [2.45, 2.75) is 6.92 Å². The van der Waals surface area contributed by atoms with E-state index in [4.69, 9.17) is 12.2 Å². The lowest BCUT2D eigenvalue weighted by atomic mass is 10.1. The minimum Gasteiger partial charge on any atom is -0.335 e. The van der Waals surface area contributed by atoms with Crippen LogP contribution >= 0.6 is 12.2 Å². The van der Waals surface area contributed by atoms with Gasteiger partial charge in [-0.1, -0.05) is 18.2 Å². The summed E-state index contributed by atoms with van der Waals surface area (Å²) in [6, 6.07) is 12.0. The summed E-state index contributed by atoms with van der Waals surface area (Å²) in [5, 5.41) is 1.09. The van der Waals surface area contributed by atoms with Gasteiger partial charge in [0.1, 0.15) is 0 Å². The fraction of sp³-hybridized carbons (Fsp3) is 0.0714. The molecule has 3 rings (SSSR count). The van der Waals surface area contributed by atoms with Crippen LogP contribution in [0.15, 0.2) is 42.6 Å². The second-order valence-corrected chi connectivity index (χ2v) is 4.52. The number of rotatable bonds is 1. The number of hydrogen-bond donors (Lipinski definition) is 1. The van der Waals surface area contributed by atoms with Crippen LogP contribution in [-0.2, 0) is 0 Å². The van der Waals surface area contributed by atoms with Gasteiger partial charge in [-0.3, -0.25) is 4.98 Å². The number of hydrogen-bond acceptors (Lipinski definition) is 3. The number of aryl methyl sites for hydroxylation is 1. The Hall–Kier alpha value is -2.07. The molecule has 0 unspecified atom stereocenters. The highest BCUT2D eigenvalue weighted by molar-refractivity contribution is 7.71. The van der Waals surface area contributed by atoms with Crippen LogP contribution in [0.5, 0.6) is 0 Å².